The summed E-state index contributed by atoms with van der Waals surface area (Å²) in [7, 11) is -1.66. The highest BCUT2D eigenvalue weighted by Crippen LogP contribution is 2.29. The number of rotatable bonds is 9. The molecule has 0 radical (unpaired) electrons. The minimum absolute atomic E-state index is 0.0329. The lowest BCUT2D eigenvalue weighted by Crippen LogP contribution is -2.39. The maximum absolute atomic E-state index is 13.0. The van der Waals surface area contributed by atoms with Crippen molar-refractivity contribution in [1.82, 2.24) is 20.6 Å². The van der Waals surface area contributed by atoms with Gasteiger partial charge in [-0.1, -0.05) is 65.7 Å². The summed E-state index contributed by atoms with van der Waals surface area (Å²) in [5, 5.41) is 9.48. The third-order valence-electron chi connectivity index (χ3n) is 5.90. The molecule has 0 aliphatic carbocycles. The van der Waals surface area contributed by atoms with Gasteiger partial charge in [0.1, 0.15) is 16.7 Å². The standard InChI is InChI=1S/C27H27Cl2N5O3S/c1-30-21-11-8-18(9-12-21)24-25(29)34-26(33-24)22(14-17-6-4-3-5-7-17)32-27(35)31-16-19-15-20(28)10-13-23(19)38(2,36)37/h3-13,15,22,30H,14,16H2,1-2H3,(H,33,34)(H2,31,32,35)/t22-/m0/s1. The number of halogens is 2. The van der Waals surface area contributed by atoms with Crippen LogP contribution in [0.2, 0.25) is 10.2 Å². The van der Waals surface area contributed by atoms with Crippen molar-refractivity contribution in [2.24, 2.45) is 0 Å². The Hall–Kier alpha value is -3.53. The lowest BCUT2D eigenvalue weighted by atomic mass is 10.1. The number of carbonyl (C=O) groups is 1. The molecule has 2 amide bonds. The maximum atomic E-state index is 13.0. The first-order valence-corrected chi connectivity index (χ1v) is 14.4. The molecule has 0 aliphatic rings. The second kappa shape index (κ2) is 11.9. The van der Waals surface area contributed by atoms with E-state index in [2.05, 4.69) is 20.9 Å². The minimum atomic E-state index is -3.50. The van der Waals surface area contributed by atoms with Crippen molar-refractivity contribution < 1.29 is 13.2 Å². The van der Waals surface area contributed by atoms with Crippen LogP contribution in [0.15, 0.2) is 77.7 Å². The molecule has 0 saturated heterocycles. The summed E-state index contributed by atoms with van der Waals surface area (Å²) in [6.07, 6.45) is 1.56. The van der Waals surface area contributed by atoms with Gasteiger partial charge in [0.15, 0.2) is 9.84 Å². The van der Waals surface area contributed by atoms with Gasteiger partial charge in [0.25, 0.3) is 0 Å². The molecule has 0 unspecified atom stereocenters. The second-order valence-corrected chi connectivity index (χ2v) is 11.5. The van der Waals surface area contributed by atoms with Gasteiger partial charge < -0.3 is 20.9 Å². The fourth-order valence-corrected chi connectivity index (χ4v) is 5.38. The summed E-state index contributed by atoms with van der Waals surface area (Å²) in [6.45, 7) is -0.0329. The SMILES string of the molecule is CNc1ccc(-c2nc([C@H](Cc3ccccc3)NC(=O)NCc3cc(Cl)ccc3S(C)(=O)=O)[nH]c2Cl)cc1. The van der Waals surface area contributed by atoms with Crippen molar-refractivity contribution in [3.63, 3.8) is 0 Å². The van der Waals surface area contributed by atoms with Gasteiger partial charge in [-0.25, -0.2) is 18.2 Å². The molecule has 1 atom stereocenters. The van der Waals surface area contributed by atoms with Gasteiger partial charge in [0.05, 0.1) is 10.9 Å². The van der Waals surface area contributed by atoms with E-state index >= 15 is 0 Å². The number of imidazole rings is 1. The van der Waals surface area contributed by atoms with Crippen molar-refractivity contribution in [3.8, 4) is 11.3 Å². The molecule has 1 heterocycles. The number of aromatic amines is 1. The molecule has 4 aromatic rings. The smallest absolute Gasteiger partial charge is 0.315 e. The van der Waals surface area contributed by atoms with Gasteiger partial charge in [-0.05, 0) is 47.9 Å². The minimum Gasteiger partial charge on any atom is -0.388 e. The number of anilines is 1. The van der Waals surface area contributed by atoms with Gasteiger partial charge in [-0.15, -0.1) is 0 Å². The maximum Gasteiger partial charge on any atom is 0.315 e. The van der Waals surface area contributed by atoms with Crippen LogP contribution < -0.4 is 16.0 Å². The zero-order valence-electron chi connectivity index (χ0n) is 20.8. The van der Waals surface area contributed by atoms with Gasteiger partial charge in [-0.3, -0.25) is 0 Å². The average molecular weight is 573 g/mol. The first-order valence-electron chi connectivity index (χ1n) is 11.7. The van der Waals surface area contributed by atoms with Crippen molar-refractivity contribution in [1.29, 1.82) is 0 Å². The topological polar surface area (TPSA) is 116 Å². The Labute approximate surface area is 231 Å². The zero-order valence-corrected chi connectivity index (χ0v) is 23.1. The Kier molecular flexibility index (Phi) is 8.61. The van der Waals surface area contributed by atoms with Gasteiger partial charge in [0, 0.05) is 36.1 Å². The van der Waals surface area contributed by atoms with E-state index in [4.69, 9.17) is 28.2 Å². The molecule has 1 aromatic heterocycles. The van der Waals surface area contributed by atoms with Crippen molar-refractivity contribution in [3.05, 3.63) is 99.9 Å². The number of nitrogens with one attached hydrogen (secondary N) is 4. The number of sulfone groups is 1. The molecule has 0 fully saturated rings. The van der Waals surface area contributed by atoms with Crippen LogP contribution in [0.5, 0.6) is 0 Å². The van der Waals surface area contributed by atoms with Crippen LogP contribution in [-0.2, 0) is 22.8 Å². The van der Waals surface area contributed by atoms with E-state index in [0.29, 0.717) is 33.7 Å². The Bertz CT molecular complexity index is 1520. The van der Waals surface area contributed by atoms with E-state index in [1.807, 2.05) is 61.6 Å². The number of carbonyl (C=O) groups excluding carboxylic acids is 1. The second-order valence-electron chi connectivity index (χ2n) is 8.71. The first-order chi connectivity index (χ1) is 18.1. The van der Waals surface area contributed by atoms with Gasteiger partial charge >= 0.3 is 6.03 Å². The molecule has 4 N–H and O–H groups in total. The molecule has 0 spiro atoms. The van der Waals surface area contributed by atoms with Crippen LogP contribution in [0.4, 0.5) is 10.5 Å². The third kappa shape index (κ3) is 6.86. The first kappa shape index (κ1) is 27.5. The Morgan fingerprint density at radius 1 is 1.03 bits per heavy atom. The predicted molar refractivity (Wildman–Crippen MR) is 151 cm³/mol. The summed E-state index contributed by atoms with van der Waals surface area (Å²) in [5.41, 5.74) is 3.73. The van der Waals surface area contributed by atoms with E-state index in [1.54, 1.807) is 0 Å². The normalized spacial score (nSPS) is 12.1. The molecule has 38 heavy (non-hydrogen) atoms. The van der Waals surface area contributed by atoms with E-state index in [1.165, 1.54) is 18.2 Å². The number of benzene rings is 3. The fraction of sp³-hybridized carbons (Fsp3) is 0.185. The Morgan fingerprint density at radius 2 is 1.74 bits per heavy atom. The molecule has 0 saturated carbocycles. The lowest BCUT2D eigenvalue weighted by molar-refractivity contribution is 0.236. The van der Waals surface area contributed by atoms with Gasteiger partial charge in [0.2, 0.25) is 0 Å². The third-order valence-corrected chi connectivity index (χ3v) is 7.61. The molecule has 198 valence electrons. The highest BCUT2D eigenvalue weighted by molar-refractivity contribution is 7.90. The summed E-state index contributed by atoms with van der Waals surface area (Å²) < 4.78 is 24.3. The monoisotopic (exact) mass is 571 g/mol. The number of aromatic nitrogens is 2. The van der Waals surface area contributed by atoms with Crippen LogP contribution in [-0.4, -0.2) is 37.7 Å². The lowest BCUT2D eigenvalue weighted by Gasteiger charge is -2.18. The van der Waals surface area contributed by atoms with E-state index in [-0.39, 0.29) is 11.4 Å². The van der Waals surface area contributed by atoms with Crippen LogP contribution in [0, 0.1) is 0 Å². The Balaban J connectivity index is 1.57. The summed E-state index contributed by atoms with van der Waals surface area (Å²) in [4.78, 5) is 20.9. The molecular formula is C27H27Cl2N5O3S. The highest BCUT2D eigenvalue weighted by atomic mass is 35.5. The number of H-pyrrole nitrogens is 1. The zero-order chi connectivity index (χ0) is 27.3. The van der Waals surface area contributed by atoms with E-state index < -0.39 is 21.9 Å². The largest absolute Gasteiger partial charge is 0.388 e. The molecular weight excluding hydrogens is 545 g/mol. The van der Waals surface area contributed by atoms with E-state index in [0.717, 1.165) is 23.1 Å². The number of amides is 2. The van der Waals surface area contributed by atoms with Crippen molar-refractivity contribution >= 4 is 44.8 Å². The summed E-state index contributed by atoms with van der Waals surface area (Å²) in [6, 6.07) is 20.7. The van der Waals surface area contributed by atoms with Crippen LogP contribution in [0.25, 0.3) is 11.3 Å². The number of urea groups is 1. The highest BCUT2D eigenvalue weighted by Gasteiger charge is 2.22. The average Bonchev–Trinajstić information content (AvgIpc) is 3.28. The predicted octanol–water partition coefficient (Wildman–Crippen LogP) is 5.61. The van der Waals surface area contributed by atoms with Crippen LogP contribution in [0.1, 0.15) is 23.0 Å². The molecule has 4 rings (SSSR count). The van der Waals surface area contributed by atoms with E-state index in [9.17, 15) is 13.2 Å². The number of hydrogen-bond acceptors (Lipinski definition) is 5. The van der Waals surface area contributed by atoms with Crippen LogP contribution >= 0.6 is 23.2 Å². The molecule has 8 nitrogen and oxygen atoms in total. The molecule has 0 bridgehead atoms. The van der Waals surface area contributed by atoms with Crippen LogP contribution in [0.3, 0.4) is 0 Å². The van der Waals surface area contributed by atoms with Crippen molar-refractivity contribution in [2.45, 2.75) is 23.9 Å². The number of hydrogen-bond donors (Lipinski definition) is 4. The van der Waals surface area contributed by atoms with Gasteiger partial charge in [-0.2, -0.15) is 0 Å². The summed E-state index contributed by atoms with van der Waals surface area (Å²) >= 11 is 12.6. The quantitative estimate of drug-likeness (QED) is 0.208. The molecule has 0 aliphatic heterocycles. The van der Waals surface area contributed by atoms with Crippen molar-refractivity contribution in [2.75, 3.05) is 18.6 Å². The fourth-order valence-electron chi connectivity index (χ4n) is 4.02. The molecule has 3 aromatic carbocycles. The molecule has 11 heteroatoms. The Morgan fingerprint density at radius 3 is 2.39 bits per heavy atom. The summed E-state index contributed by atoms with van der Waals surface area (Å²) in [5.74, 6) is 0.487. The number of nitrogens with zero attached hydrogens (tertiary/aromatic N) is 1.